The first-order chi connectivity index (χ1) is 7.63. The van der Waals surface area contributed by atoms with Crippen molar-refractivity contribution in [2.45, 2.75) is 31.9 Å². The molecule has 6 heteroatoms. The van der Waals surface area contributed by atoms with Gasteiger partial charge < -0.3 is 19.9 Å². The van der Waals surface area contributed by atoms with Gasteiger partial charge in [-0.1, -0.05) is 6.92 Å². The minimum atomic E-state index is -0.923. The fourth-order valence-electron chi connectivity index (χ4n) is 1.44. The summed E-state index contributed by atoms with van der Waals surface area (Å²) in [5, 5.41) is 11.3. The van der Waals surface area contributed by atoms with Crippen LogP contribution in [0.25, 0.3) is 0 Å². The van der Waals surface area contributed by atoms with Crippen molar-refractivity contribution in [3.63, 3.8) is 0 Å². The molecule has 1 aliphatic heterocycles. The summed E-state index contributed by atoms with van der Waals surface area (Å²) in [5.41, 5.74) is 0. The summed E-state index contributed by atoms with van der Waals surface area (Å²) < 4.78 is 10.3. The van der Waals surface area contributed by atoms with E-state index < -0.39 is 12.1 Å². The van der Waals surface area contributed by atoms with Crippen LogP contribution in [-0.4, -0.2) is 48.9 Å². The van der Waals surface area contributed by atoms with Crippen LogP contribution in [0.3, 0.4) is 0 Å². The lowest BCUT2D eigenvalue weighted by molar-refractivity contribution is -0.148. The molecule has 0 aromatic heterocycles. The molecule has 6 nitrogen and oxygen atoms in total. The molecule has 0 saturated carbocycles. The Kier molecular flexibility index (Phi) is 5.21. The number of hydrogen-bond donors (Lipinski definition) is 2. The Morgan fingerprint density at radius 3 is 2.75 bits per heavy atom. The van der Waals surface area contributed by atoms with Crippen LogP contribution < -0.4 is 5.32 Å². The Morgan fingerprint density at radius 2 is 2.25 bits per heavy atom. The number of aliphatic carboxylic acids is 1. The van der Waals surface area contributed by atoms with Crippen LogP contribution in [0.2, 0.25) is 0 Å². The lowest BCUT2D eigenvalue weighted by Gasteiger charge is -2.24. The highest BCUT2D eigenvalue weighted by atomic mass is 16.6. The van der Waals surface area contributed by atoms with E-state index >= 15 is 0 Å². The highest BCUT2D eigenvalue weighted by Crippen LogP contribution is 2.03. The smallest absolute Gasteiger partial charge is 0.305 e. The average molecular weight is 231 g/mol. The molecule has 0 aromatic carbocycles. The summed E-state index contributed by atoms with van der Waals surface area (Å²) in [6.45, 7) is 2.95. The van der Waals surface area contributed by atoms with E-state index in [0.717, 1.165) is 0 Å². The SMILES string of the molecule is CCC(CC(=O)O)NC(=O)C1COCCO1. The molecule has 1 heterocycles. The monoisotopic (exact) mass is 231 g/mol. The second kappa shape index (κ2) is 6.44. The summed E-state index contributed by atoms with van der Waals surface area (Å²) in [4.78, 5) is 22.2. The summed E-state index contributed by atoms with van der Waals surface area (Å²) in [5.74, 6) is -1.22. The van der Waals surface area contributed by atoms with Crippen molar-refractivity contribution in [2.75, 3.05) is 19.8 Å². The molecule has 0 aromatic rings. The zero-order valence-corrected chi connectivity index (χ0v) is 9.27. The van der Waals surface area contributed by atoms with Gasteiger partial charge in [-0.2, -0.15) is 0 Å². The van der Waals surface area contributed by atoms with Gasteiger partial charge in [-0.05, 0) is 6.42 Å². The molecule has 0 spiro atoms. The van der Waals surface area contributed by atoms with Gasteiger partial charge in [0.1, 0.15) is 0 Å². The molecule has 2 N–H and O–H groups in total. The molecule has 2 atom stereocenters. The lowest BCUT2D eigenvalue weighted by Crippen LogP contribution is -2.47. The molecule has 1 amide bonds. The van der Waals surface area contributed by atoms with Gasteiger partial charge in [0, 0.05) is 6.04 Å². The Morgan fingerprint density at radius 1 is 1.50 bits per heavy atom. The fourth-order valence-corrected chi connectivity index (χ4v) is 1.44. The van der Waals surface area contributed by atoms with Crippen LogP contribution in [-0.2, 0) is 19.1 Å². The van der Waals surface area contributed by atoms with E-state index in [4.69, 9.17) is 14.6 Å². The van der Waals surface area contributed by atoms with Gasteiger partial charge in [0.15, 0.2) is 6.10 Å². The summed E-state index contributed by atoms with van der Waals surface area (Å²) in [7, 11) is 0. The number of nitrogens with one attached hydrogen (secondary N) is 1. The van der Waals surface area contributed by atoms with Gasteiger partial charge in [-0.25, -0.2) is 0 Å². The Balaban J connectivity index is 2.38. The molecule has 2 unspecified atom stereocenters. The zero-order valence-electron chi connectivity index (χ0n) is 9.27. The largest absolute Gasteiger partial charge is 0.481 e. The molecular weight excluding hydrogens is 214 g/mol. The number of carbonyl (C=O) groups excluding carboxylic acids is 1. The third-order valence-corrected chi connectivity index (χ3v) is 2.37. The fraction of sp³-hybridized carbons (Fsp3) is 0.800. The normalized spacial score (nSPS) is 22.4. The third-order valence-electron chi connectivity index (χ3n) is 2.37. The number of ether oxygens (including phenoxy) is 2. The maximum Gasteiger partial charge on any atom is 0.305 e. The molecule has 92 valence electrons. The maximum atomic E-state index is 11.6. The van der Waals surface area contributed by atoms with E-state index in [1.54, 1.807) is 0 Å². The molecule has 0 radical (unpaired) electrons. The van der Waals surface area contributed by atoms with E-state index in [9.17, 15) is 9.59 Å². The van der Waals surface area contributed by atoms with Crippen LogP contribution >= 0.6 is 0 Å². The van der Waals surface area contributed by atoms with Gasteiger partial charge in [0.25, 0.3) is 5.91 Å². The van der Waals surface area contributed by atoms with Gasteiger partial charge in [0.05, 0.1) is 26.2 Å². The van der Waals surface area contributed by atoms with Crippen molar-refractivity contribution in [1.82, 2.24) is 5.32 Å². The first kappa shape index (κ1) is 12.9. The molecule has 16 heavy (non-hydrogen) atoms. The van der Waals surface area contributed by atoms with E-state index in [0.29, 0.717) is 19.6 Å². The summed E-state index contributed by atoms with van der Waals surface area (Å²) in [6, 6.07) is -0.351. The molecule has 1 fully saturated rings. The van der Waals surface area contributed by atoms with Crippen LogP contribution in [0, 0.1) is 0 Å². The second-order valence-corrected chi connectivity index (χ2v) is 3.65. The first-order valence-electron chi connectivity index (χ1n) is 5.35. The average Bonchev–Trinajstić information content (AvgIpc) is 2.28. The van der Waals surface area contributed by atoms with Crippen molar-refractivity contribution in [3.8, 4) is 0 Å². The minimum Gasteiger partial charge on any atom is -0.481 e. The van der Waals surface area contributed by atoms with Crippen molar-refractivity contribution in [1.29, 1.82) is 0 Å². The van der Waals surface area contributed by atoms with E-state index in [1.807, 2.05) is 6.92 Å². The van der Waals surface area contributed by atoms with Crippen molar-refractivity contribution >= 4 is 11.9 Å². The van der Waals surface area contributed by atoms with Gasteiger partial charge >= 0.3 is 5.97 Å². The van der Waals surface area contributed by atoms with Crippen LogP contribution in [0.1, 0.15) is 19.8 Å². The van der Waals surface area contributed by atoms with Crippen LogP contribution in [0.4, 0.5) is 0 Å². The quantitative estimate of drug-likeness (QED) is 0.682. The highest BCUT2D eigenvalue weighted by molar-refractivity contribution is 5.82. The predicted molar refractivity (Wildman–Crippen MR) is 55.0 cm³/mol. The van der Waals surface area contributed by atoms with Crippen LogP contribution in [0.15, 0.2) is 0 Å². The topological polar surface area (TPSA) is 84.9 Å². The predicted octanol–water partition coefficient (Wildman–Crippen LogP) is -0.229. The molecule has 0 aliphatic carbocycles. The van der Waals surface area contributed by atoms with Gasteiger partial charge in [0.2, 0.25) is 0 Å². The summed E-state index contributed by atoms with van der Waals surface area (Å²) in [6.07, 6.45) is -0.113. The van der Waals surface area contributed by atoms with E-state index in [2.05, 4.69) is 5.32 Å². The standard InChI is InChI=1S/C10H17NO5/c1-2-7(5-9(12)13)11-10(14)8-6-15-3-4-16-8/h7-8H,2-6H2,1H3,(H,11,14)(H,12,13). The Hall–Kier alpha value is -1.14. The minimum absolute atomic E-state index is 0.0736. The number of carbonyl (C=O) groups is 2. The molecular formula is C10H17NO5. The van der Waals surface area contributed by atoms with Crippen molar-refractivity contribution in [2.24, 2.45) is 0 Å². The number of amides is 1. The molecule has 1 saturated heterocycles. The molecule has 0 bridgehead atoms. The maximum absolute atomic E-state index is 11.6. The van der Waals surface area contributed by atoms with Gasteiger partial charge in [-0.15, -0.1) is 0 Å². The summed E-state index contributed by atoms with van der Waals surface area (Å²) >= 11 is 0. The zero-order chi connectivity index (χ0) is 12.0. The molecule has 1 aliphatic rings. The van der Waals surface area contributed by atoms with Crippen LogP contribution in [0.5, 0.6) is 0 Å². The number of carboxylic acid groups (broad SMARTS) is 1. The Bertz CT molecular complexity index is 250. The van der Waals surface area contributed by atoms with Crippen molar-refractivity contribution in [3.05, 3.63) is 0 Å². The lowest BCUT2D eigenvalue weighted by atomic mass is 10.1. The number of rotatable bonds is 5. The van der Waals surface area contributed by atoms with E-state index in [-0.39, 0.29) is 25.0 Å². The van der Waals surface area contributed by atoms with Crippen molar-refractivity contribution < 1.29 is 24.2 Å². The Labute approximate surface area is 93.9 Å². The first-order valence-corrected chi connectivity index (χ1v) is 5.35. The third kappa shape index (κ3) is 4.16. The number of carboxylic acids is 1. The second-order valence-electron chi connectivity index (χ2n) is 3.65. The number of hydrogen-bond acceptors (Lipinski definition) is 4. The van der Waals surface area contributed by atoms with Gasteiger partial charge in [-0.3, -0.25) is 9.59 Å². The molecule has 1 rings (SSSR count). The van der Waals surface area contributed by atoms with E-state index in [1.165, 1.54) is 0 Å². The highest BCUT2D eigenvalue weighted by Gasteiger charge is 2.24.